The van der Waals surface area contributed by atoms with Crippen molar-refractivity contribution in [2.75, 3.05) is 21.3 Å². The molecule has 0 saturated carbocycles. The molecule has 0 fully saturated rings. The Bertz CT molecular complexity index is 729. The molecule has 2 aromatic carbocycles. The number of anilines is 4. The molecule has 0 radical (unpaired) electrons. The van der Waals surface area contributed by atoms with E-state index < -0.39 is 11.8 Å². The van der Waals surface area contributed by atoms with Crippen LogP contribution in [0.5, 0.6) is 0 Å². The van der Waals surface area contributed by atoms with Crippen LogP contribution in [-0.4, -0.2) is 6.03 Å². The third-order valence-corrected chi connectivity index (χ3v) is 2.93. The van der Waals surface area contributed by atoms with E-state index in [4.69, 9.17) is 0 Å². The quantitative estimate of drug-likeness (QED) is 0.678. The van der Waals surface area contributed by atoms with Gasteiger partial charge in [-0.05, 0) is 36.4 Å². The van der Waals surface area contributed by atoms with Gasteiger partial charge >= 0.3 is 6.03 Å². The molecule has 1 aliphatic heterocycles. The summed E-state index contributed by atoms with van der Waals surface area (Å²) in [7, 11) is 0. The third kappa shape index (κ3) is 2.94. The Labute approximate surface area is 120 Å². The number of carbonyl (C=O) groups excluding carboxylic acids is 1. The van der Waals surface area contributed by atoms with Crippen LogP contribution in [0.4, 0.5) is 31.9 Å². The topological polar surface area (TPSA) is 65.2 Å². The summed E-state index contributed by atoms with van der Waals surface area (Å²) in [6.07, 6.45) is 0. The number of urea groups is 1. The molecule has 1 heterocycles. The lowest BCUT2D eigenvalue weighted by Crippen LogP contribution is -2.19. The molecule has 0 saturated heterocycles. The van der Waals surface area contributed by atoms with Gasteiger partial charge in [-0.25, -0.2) is 9.18 Å². The van der Waals surface area contributed by atoms with Gasteiger partial charge in [-0.15, -0.1) is 0 Å². The predicted molar refractivity (Wildman–Crippen MR) is 81.9 cm³/mol. The Balaban J connectivity index is 1.68. The van der Waals surface area contributed by atoms with E-state index in [-0.39, 0.29) is 0 Å². The average molecular weight is 284 g/mol. The number of halogens is 1. The van der Waals surface area contributed by atoms with E-state index in [2.05, 4.69) is 27.8 Å². The summed E-state index contributed by atoms with van der Waals surface area (Å²) in [5.74, 6) is 0.283. The minimum Gasteiger partial charge on any atom is -0.341 e. The number of fused-ring (bicyclic) bond motifs is 1. The fourth-order valence-corrected chi connectivity index (χ4v) is 2.05. The standard InChI is InChI=1S/C15H13FN4O/c1-9-17-13-6-5-12(8-14(13)18-9)20-15(21)19-11-4-2-3-10(16)7-11/h2-8,17-18H,1H2,(H2,19,20,21). The highest BCUT2D eigenvalue weighted by Gasteiger charge is 2.13. The molecule has 4 N–H and O–H groups in total. The maximum Gasteiger partial charge on any atom is 0.323 e. The summed E-state index contributed by atoms with van der Waals surface area (Å²) in [4.78, 5) is 11.9. The second kappa shape index (κ2) is 5.16. The van der Waals surface area contributed by atoms with E-state index in [1.54, 1.807) is 18.2 Å². The van der Waals surface area contributed by atoms with Gasteiger partial charge < -0.3 is 21.3 Å². The van der Waals surface area contributed by atoms with Crippen molar-refractivity contribution in [1.29, 1.82) is 0 Å². The molecule has 1 aliphatic rings. The number of amides is 2. The van der Waals surface area contributed by atoms with Crippen LogP contribution >= 0.6 is 0 Å². The van der Waals surface area contributed by atoms with Crippen LogP contribution in [0.25, 0.3) is 0 Å². The second-order valence-electron chi connectivity index (χ2n) is 4.58. The molecule has 0 atom stereocenters. The zero-order valence-corrected chi connectivity index (χ0v) is 11.0. The molecule has 0 spiro atoms. The normalized spacial score (nSPS) is 12.1. The first-order valence-electron chi connectivity index (χ1n) is 6.31. The van der Waals surface area contributed by atoms with Crippen LogP contribution in [0, 0.1) is 5.82 Å². The van der Waals surface area contributed by atoms with E-state index >= 15 is 0 Å². The number of benzene rings is 2. The minimum absolute atomic E-state index is 0.391. The van der Waals surface area contributed by atoms with Crippen molar-refractivity contribution in [1.82, 2.24) is 0 Å². The fourth-order valence-electron chi connectivity index (χ4n) is 2.05. The highest BCUT2D eigenvalue weighted by molar-refractivity contribution is 6.00. The first-order chi connectivity index (χ1) is 10.1. The van der Waals surface area contributed by atoms with Crippen molar-refractivity contribution in [2.45, 2.75) is 0 Å². The number of nitrogens with one attached hydrogen (secondary N) is 4. The highest BCUT2D eigenvalue weighted by Crippen LogP contribution is 2.32. The number of carbonyl (C=O) groups is 1. The van der Waals surface area contributed by atoms with Crippen molar-refractivity contribution < 1.29 is 9.18 Å². The number of rotatable bonds is 2. The van der Waals surface area contributed by atoms with Crippen molar-refractivity contribution >= 4 is 28.8 Å². The maximum atomic E-state index is 13.0. The van der Waals surface area contributed by atoms with Gasteiger partial charge in [0.15, 0.2) is 0 Å². The van der Waals surface area contributed by atoms with Gasteiger partial charge in [0.05, 0.1) is 11.4 Å². The highest BCUT2D eigenvalue weighted by atomic mass is 19.1. The van der Waals surface area contributed by atoms with Gasteiger partial charge in [0.2, 0.25) is 0 Å². The lowest BCUT2D eigenvalue weighted by molar-refractivity contribution is 0.262. The van der Waals surface area contributed by atoms with E-state index in [0.29, 0.717) is 17.2 Å². The summed E-state index contributed by atoms with van der Waals surface area (Å²) in [5, 5.41) is 11.3. The van der Waals surface area contributed by atoms with Crippen LogP contribution in [0.2, 0.25) is 0 Å². The van der Waals surface area contributed by atoms with Gasteiger partial charge in [0.1, 0.15) is 11.6 Å². The van der Waals surface area contributed by atoms with Gasteiger partial charge in [0, 0.05) is 11.4 Å². The molecule has 0 aromatic heterocycles. The molecule has 0 aliphatic carbocycles. The van der Waals surface area contributed by atoms with Crippen LogP contribution < -0.4 is 21.3 Å². The zero-order chi connectivity index (χ0) is 14.8. The molecule has 6 heteroatoms. The first-order valence-corrected chi connectivity index (χ1v) is 6.31. The van der Waals surface area contributed by atoms with Gasteiger partial charge in [-0.3, -0.25) is 0 Å². The lowest BCUT2D eigenvalue weighted by Gasteiger charge is -2.08. The average Bonchev–Trinajstić information content (AvgIpc) is 2.78. The summed E-state index contributed by atoms with van der Waals surface area (Å²) in [6, 6.07) is 10.6. The molecule has 106 valence electrons. The van der Waals surface area contributed by atoms with E-state index in [9.17, 15) is 9.18 Å². The van der Waals surface area contributed by atoms with Gasteiger partial charge in [0.25, 0.3) is 0 Å². The van der Waals surface area contributed by atoms with Crippen molar-refractivity contribution in [3.8, 4) is 0 Å². The Morgan fingerprint density at radius 2 is 1.71 bits per heavy atom. The van der Waals surface area contributed by atoms with Crippen molar-refractivity contribution in [3.63, 3.8) is 0 Å². The third-order valence-electron chi connectivity index (χ3n) is 2.93. The molecule has 0 bridgehead atoms. The molecule has 2 aromatic rings. The van der Waals surface area contributed by atoms with Crippen LogP contribution in [0.1, 0.15) is 0 Å². The Morgan fingerprint density at radius 1 is 1.00 bits per heavy atom. The number of hydrogen-bond donors (Lipinski definition) is 4. The molecule has 2 amide bonds. The summed E-state index contributed by atoms with van der Waals surface area (Å²) >= 11 is 0. The van der Waals surface area contributed by atoms with Crippen molar-refractivity contribution in [3.05, 3.63) is 60.7 Å². The van der Waals surface area contributed by atoms with E-state index in [1.807, 2.05) is 6.07 Å². The molecular formula is C15H13FN4O. The fraction of sp³-hybridized carbons (Fsp3) is 0. The van der Waals surface area contributed by atoms with Gasteiger partial charge in [-0.1, -0.05) is 12.6 Å². The largest absolute Gasteiger partial charge is 0.341 e. The summed E-state index contributed by atoms with van der Waals surface area (Å²) in [6.45, 7) is 3.77. The summed E-state index contributed by atoms with van der Waals surface area (Å²) in [5.41, 5.74) is 2.74. The Kier molecular flexibility index (Phi) is 3.19. The molecule has 3 rings (SSSR count). The SMILES string of the molecule is C=C1Nc2ccc(NC(=O)Nc3cccc(F)c3)cc2N1. The molecule has 21 heavy (non-hydrogen) atoms. The Hall–Kier alpha value is -3.02. The minimum atomic E-state index is -0.440. The molecular weight excluding hydrogens is 271 g/mol. The predicted octanol–water partition coefficient (Wildman–Crippen LogP) is 3.78. The van der Waals surface area contributed by atoms with Crippen LogP contribution in [0.3, 0.4) is 0 Å². The maximum absolute atomic E-state index is 13.0. The molecule has 0 unspecified atom stereocenters. The van der Waals surface area contributed by atoms with Crippen LogP contribution in [0.15, 0.2) is 54.9 Å². The Morgan fingerprint density at radius 3 is 2.48 bits per heavy atom. The van der Waals surface area contributed by atoms with E-state index in [0.717, 1.165) is 11.4 Å². The first kappa shape index (κ1) is 13.0. The van der Waals surface area contributed by atoms with E-state index in [1.165, 1.54) is 18.2 Å². The molecule has 5 nitrogen and oxygen atoms in total. The van der Waals surface area contributed by atoms with Crippen LogP contribution in [-0.2, 0) is 0 Å². The lowest BCUT2D eigenvalue weighted by atomic mass is 10.2. The zero-order valence-electron chi connectivity index (χ0n) is 11.0. The second-order valence-corrected chi connectivity index (χ2v) is 4.58. The van der Waals surface area contributed by atoms with Gasteiger partial charge in [-0.2, -0.15) is 0 Å². The van der Waals surface area contributed by atoms with Crippen molar-refractivity contribution in [2.24, 2.45) is 0 Å². The smallest absolute Gasteiger partial charge is 0.323 e. The number of hydrogen-bond acceptors (Lipinski definition) is 3. The summed E-state index contributed by atoms with van der Waals surface area (Å²) < 4.78 is 13.0. The monoisotopic (exact) mass is 284 g/mol.